The second-order valence-electron chi connectivity index (χ2n) is 10.6. The molecule has 1 saturated carbocycles. The van der Waals surface area contributed by atoms with Crippen LogP contribution in [-0.2, 0) is 14.4 Å². The number of benzene rings is 1. The maximum Gasteiger partial charge on any atom is 0.203 e. The Hall–Kier alpha value is -2.97. The van der Waals surface area contributed by atoms with Crippen LogP contribution in [0, 0.1) is 22.7 Å². The molecule has 0 spiro atoms. The van der Waals surface area contributed by atoms with Gasteiger partial charge in [-0.25, -0.2) is 0 Å². The molecule has 182 valence electrons. The molecule has 0 saturated heterocycles. The van der Waals surface area contributed by atoms with E-state index in [0.29, 0.717) is 5.56 Å². The Bertz CT molecular complexity index is 1220. The fraction of sp³-hybridized carbons (Fsp3) is 0.500. The number of carbonyl (C=O) groups is 3. The summed E-state index contributed by atoms with van der Waals surface area (Å²) in [6.45, 7) is 9.06. The van der Waals surface area contributed by atoms with Crippen molar-refractivity contribution in [3.8, 4) is 5.75 Å². The zero-order valence-corrected chi connectivity index (χ0v) is 20.0. The van der Waals surface area contributed by atoms with E-state index < -0.39 is 74.7 Å². The molecule has 3 aliphatic rings. The standard InChI is InChI=1S/C26H30O8/c1-10(2)17-19(29)15(12(4)27)21(31)26(34)22(32)18-20(30)16-13(8-7-9-14(16)28)11(3)24(18,5)23(33)25(17,26)6/h7-11,17,23,28,30-31,33-34H,1-6H3/t11-,17?,23-,24+,25+,26+/m1/s1. The van der Waals surface area contributed by atoms with Gasteiger partial charge in [-0.15, -0.1) is 0 Å². The molecule has 1 fully saturated rings. The van der Waals surface area contributed by atoms with Crippen LogP contribution < -0.4 is 0 Å². The molecule has 4 rings (SSSR count). The van der Waals surface area contributed by atoms with Crippen molar-refractivity contribution < 1.29 is 39.9 Å². The van der Waals surface area contributed by atoms with Gasteiger partial charge in [-0.1, -0.05) is 46.8 Å². The van der Waals surface area contributed by atoms with E-state index in [1.54, 1.807) is 39.8 Å². The van der Waals surface area contributed by atoms with E-state index in [9.17, 15) is 39.9 Å². The SMILES string of the molecule is CC(=O)C1=C(O)[C@]2(O)C(=O)C3=C(O)c4c(O)cccc4[C@@H](C)[C@]3(C)[C@@H](O)[C@]2(C)C(C(C)C)C1=O. The van der Waals surface area contributed by atoms with E-state index in [1.807, 2.05) is 0 Å². The number of hydrogen-bond donors (Lipinski definition) is 5. The summed E-state index contributed by atoms with van der Waals surface area (Å²) in [5.41, 5.74) is -6.86. The Morgan fingerprint density at radius 2 is 1.68 bits per heavy atom. The van der Waals surface area contributed by atoms with Gasteiger partial charge in [0.05, 0.1) is 17.2 Å². The lowest BCUT2D eigenvalue weighted by Crippen LogP contribution is -2.75. The maximum atomic E-state index is 14.1. The van der Waals surface area contributed by atoms with Crippen molar-refractivity contribution >= 4 is 23.1 Å². The molecule has 1 aromatic rings. The zero-order chi connectivity index (χ0) is 25.7. The van der Waals surface area contributed by atoms with Crippen molar-refractivity contribution in [3.63, 3.8) is 0 Å². The van der Waals surface area contributed by atoms with E-state index in [0.717, 1.165) is 6.92 Å². The van der Waals surface area contributed by atoms with Crippen molar-refractivity contribution in [2.24, 2.45) is 22.7 Å². The topological polar surface area (TPSA) is 152 Å². The average Bonchev–Trinajstić information content (AvgIpc) is 2.73. The summed E-state index contributed by atoms with van der Waals surface area (Å²) < 4.78 is 0. The first-order chi connectivity index (χ1) is 15.6. The monoisotopic (exact) mass is 470 g/mol. The van der Waals surface area contributed by atoms with Gasteiger partial charge in [0.15, 0.2) is 17.2 Å². The molecule has 6 atom stereocenters. The number of hydrogen-bond acceptors (Lipinski definition) is 8. The first kappa shape index (κ1) is 24.2. The molecule has 0 amide bonds. The lowest BCUT2D eigenvalue weighted by Gasteiger charge is -2.63. The highest BCUT2D eigenvalue weighted by Gasteiger charge is 2.77. The van der Waals surface area contributed by atoms with E-state index >= 15 is 0 Å². The summed E-state index contributed by atoms with van der Waals surface area (Å²) in [6.07, 6.45) is -1.61. The predicted molar refractivity (Wildman–Crippen MR) is 122 cm³/mol. The fourth-order valence-corrected chi connectivity index (χ4v) is 6.89. The Labute approximate surface area is 197 Å². The van der Waals surface area contributed by atoms with Crippen molar-refractivity contribution in [2.45, 2.75) is 59.2 Å². The van der Waals surface area contributed by atoms with Gasteiger partial charge in [-0.3, -0.25) is 14.4 Å². The second kappa shape index (κ2) is 7.02. The predicted octanol–water partition coefficient (Wildman–Crippen LogP) is 2.72. The van der Waals surface area contributed by atoms with Crippen LogP contribution in [0.5, 0.6) is 5.75 Å². The molecule has 8 heteroatoms. The third-order valence-corrected chi connectivity index (χ3v) is 8.70. The van der Waals surface area contributed by atoms with Crippen LogP contribution >= 0.6 is 0 Å². The molecular formula is C26H30O8. The molecule has 0 heterocycles. The summed E-state index contributed by atoms with van der Waals surface area (Å²) >= 11 is 0. The third-order valence-electron chi connectivity index (χ3n) is 8.70. The van der Waals surface area contributed by atoms with Gasteiger partial charge in [0.1, 0.15) is 22.8 Å². The summed E-state index contributed by atoms with van der Waals surface area (Å²) in [5, 5.41) is 56.7. The first-order valence-electron chi connectivity index (χ1n) is 11.3. The number of rotatable bonds is 2. The number of aromatic hydroxyl groups is 1. The maximum absolute atomic E-state index is 14.1. The molecule has 8 nitrogen and oxygen atoms in total. The summed E-state index contributed by atoms with van der Waals surface area (Å²) in [4.78, 5) is 39.9. The van der Waals surface area contributed by atoms with Crippen LogP contribution in [0.1, 0.15) is 58.6 Å². The fourth-order valence-electron chi connectivity index (χ4n) is 6.89. The number of carbonyl (C=O) groups excluding carboxylic acids is 3. The number of allylic oxidation sites excluding steroid dienone is 1. The number of fused-ring (bicyclic) bond motifs is 3. The lowest BCUT2D eigenvalue weighted by atomic mass is 9.40. The minimum absolute atomic E-state index is 0.00205. The highest BCUT2D eigenvalue weighted by atomic mass is 16.4. The van der Waals surface area contributed by atoms with E-state index in [1.165, 1.54) is 13.0 Å². The van der Waals surface area contributed by atoms with Crippen LogP contribution in [0.2, 0.25) is 0 Å². The van der Waals surface area contributed by atoms with Crippen molar-refractivity contribution in [1.82, 2.24) is 0 Å². The van der Waals surface area contributed by atoms with Crippen LogP contribution in [0.25, 0.3) is 5.76 Å². The van der Waals surface area contributed by atoms with Gasteiger partial charge in [0.2, 0.25) is 5.78 Å². The molecule has 0 bridgehead atoms. The van der Waals surface area contributed by atoms with E-state index in [-0.39, 0.29) is 16.9 Å². The normalized spacial score (nSPS) is 37.5. The summed E-state index contributed by atoms with van der Waals surface area (Å²) in [7, 11) is 0. The molecule has 1 unspecified atom stereocenters. The molecule has 3 aliphatic carbocycles. The highest BCUT2D eigenvalue weighted by Crippen LogP contribution is 2.67. The van der Waals surface area contributed by atoms with E-state index in [2.05, 4.69) is 0 Å². The molecule has 5 N–H and O–H groups in total. The van der Waals surface area contributed by atoms with Gasteiger partial charge in [0, 0.05) is 16.7 Å². The first-order valence-corrected chi connectivity index (χ1v) is 11.3. The molecular weight excluding hydrogens is 440 g/mol. The van der Waals surface area contributed by atoms with Crippen LogP contribution in [0.3, 0.4) is 0 Å². The van der Waals surface area contributed by atoms with Crippen LogP contribution in [0.4, 0.5) is 0 Å². The second-order valence-corrected chi connectivity index (χ2v) is 10.6. The Kier molecular flexibility index (Phi) is 4.99. The zero-order valence-electron chi connectivity index (χ0n) is 20.0. The quantitative estimate of drug-likeness (QED) is 0.414. The van der Waals surface area contributed by atoms with Crippen LogP contribution in [0.15, 0.2) is 35.1 Å². The molecule has 0 aliphatic heterocycles. The number of phenolic OH excluding ortho intramolecular Hbond substituents is 1. The molecule has 0 radical (unpaired) electrons. The van der Waals surface area contributed by atoms with Gasteiger partial charge >= 0.3 is 0 Å². The molecule has 0 aromatic heterocycles. The lowest BCUT2D eigenvalue weighted by molar-refractivity contribution is -0.215. The van der Waals surface area contributed by atoms with Gasteiger partial charge in [0.25, 0.3) is 0 Å². The van der Waals surface area contributed by atoms with Gasteiger partial charge in [-0.05, 0) is 30.4 Å². The number of phenols is 1. The molecule has 1 aromatic carbocycles. The van der Waals surface area contributed by atoms with E-state index in [4.69, 9.17) is 0 Å². The summed E-state index contributed by atoms with van der Waals surface area (Å²) in [5.74, 6) is -7.06. The number of ketones is 3. The smallest absolute Gasteiger partial charge is 0.203 e. The highest BCUT2D eigenvalue weighted by molar-refractivity contribution is 6.24. The Morgan fingerprint density at radius 3 is 2.21 bits per heavy atom. The Morgan fingerprint density at radius 1 is 1.09 bits per heavy atom. The molecule has 34 heavy (non-hydrogen) atoms. The number of aliphatic hydroxyl groups excluding tert-OH is 3. The third kappa shape index (κ3) is 2.37. The number of Topliss-reactive ketones (excluding diaryl/α,β-unsaturated/α-hetero) is 3. The van der Waals surface area contributed by atoms with Crippen LogP contribution in [-0.4, -0.2) is 54.6 Å². The minimum atomic E-state index is -2.86. The summed E-state index contributed by atoms with van der Waals surface area (Å²) in [6, 6.07) is 4.58. The van der Waals surface area contributed by atoms with Crippen molar-refractivity contribution in [3.05, 3.63) is 46.2 Å². The van der Waals surface area contributed by atoms with Crippen molar-refractivity contribution in [1.29, 1.82) is 0 Å². The average molecular weight is 471 g/mol. The largest absolute Gasteiger partial charge is 0.508 e. The Balaban J connectivity index is 2.18. The minimum Gasteiger partial charge on any atom is -0.508 e. The van der Waals surface area contributed by atoms with Gasteiger partial charge < -0.3 is 25.5 Å². The van der Waals surface area contributed by atoms with Gasteiger partial charge in [-0.2, -0.15) is 0 Å². The van der Waals surface area contributed by atoms with Crippen molar-refractivity contribution in [2.75, 3.05) is 0 Å². The number of aliphatic hydroxyl groups is 4.